The summed E-state index contributed by atoms with van der Waals surface area (Å²) in [4.78, 5) is 40.8. The molecule has 3 rings (SSSR count). The van der Waals surface area contributed by atoms with E-state index < -0.39 is 17.1 Å². The number of aromatic hydroxyl groups is 1. The molecule has 0 saturated heterocycles. The van der Waals surface area contributed by atoms with Crippen molar-refractivity contribution in [1.82, 2.24) is 10.3 Å². The first-order chi connectivity index (χ1) is 15.9. The summed E-state index contributed by atoms with van der Waals surface area (Å²) in [6, 6.07) is 13.2. The van der Waals surface area contributed by atoms with Crippen LogP contribution < -0.4 is 20.8 Å². The normalized spacial score (nSPS) is 11.5. The van der Waals surface area contributed by atoms with E-state index >= 15 is 0 Å². The zero-order valence-corrected chi connectivity index (χ0v) is 18.3. The van der Waals surface area contributed by atoms with Gasteiger partial charge in [-0.25, -0.2) is 4.98 Å². The topological polar surface area (TPSA) is 131 Å². The third kappa shape index (κ3) is 6.42. The van der Waals surface area contributed by atoms with Gasteiger partial charge in [-0.3, -0.25) is 14.4 Å². The van der Waals surface area contributed by atoms with E-state index in [-0.39, 0.29) is 37.0 Å². The quantitative estimate of drug-likeness (QED) is 0.456. The van der Waals surface area contributed by atoms with Crippen molar-refractivity contribution in [2.75, 3.05) is 19.0 Å². The van der Waals surface area contributed by atoms with Crippen LogP contribution in [0.2, 0.25) is 0 Å². The lowest BCUT2D eigenvalue weighted by molar-refractivity contribution is -0.121. The number of pyridine rings is 1. The zero-order valence-electron chi connectivity index (χ0n) is 18.3. The third-order valence-electron chi connectivity index (χ3n) is 4.90. The molecule has 0 saturated carbocycles. The van der Waals surface area contributed by atoms with Crippen LogP contribution >= 0.6 is 0 Å². The summed E-state index contributed by atoms with van der Waals surface area (Å²) in [5.74, 6) is -0.539. The number of benzene rings is 1. The van der Waals surface area contributed by atoms with Gasteiger partial charge in [-0.15, -0.1) is 0 Å². The molecule has 2 aromatic heterocycles. The molecule has 2 amide bonds. The van der Waals surface area contributed by atoms with E-state index in [1.807, 2.05) is 0 Å². The van der Waals surface area contributed by atoms with Gasteiger partial charge in [-0.05, 0) is 36.8 Å². The van der Waals surface area contributed by atoms with Crippen LogP contribution in [-0.2, 0) is 9.59 Å². The molecule has 0 bridgehead atoms. The van der Waals surface area contributed by atoms with E-state index in [0.29, 0.717) is 22.9 Å². The van der Waals surface area contributed by atoms with Gasteiger partial charge in [0.05, 0.1) is 13.0 Å². The van der Waals surface area contributed by atoms with Crippen molar-refractivity contribution in [1.29, 1.82) is 0 Å². The van der Waals surface area contributed by atoms with E-state index in [4.69, 9.17) is 9.15 Å². The van der Waals surface area contributed by atoms with E-state index in [1.165, 1.54) is 13.2 Å². The number of nitrogens with one attached hydrogen (secondary N) is 2. The second-order valence-electron chi connectivity index (χ2n) is 7.33. The molecule has 0 aliphatic carbocycles. The van der Waals surface area contributed by atoms with Crippen molar-refractivity contribution in [2.45, 2.75) is 25.7 Å². The van der Waals surface area contributed by atoms with Crippen molar-refractivity contribution >= 4 is 17.6 Å². The minimum atomic E-state index is -0.717. The summed E-state index contributed by atoms with van der Waals surface area (Å²) in [6.07, 6.45) is 1.52. The minimum Gasteiger partial charge on any atom is -0.502 e. The Bertz CT molecular complexity index is 1160. The van der Waals surface area contributed by atoms with Crippen LogP contribution in [0.25, 0.3) is 0 Å². The fourth-order valence-electron chi connectivity index (χ4n) is 3.28. The molecule has 0 fully saturated rings. The Kier molecular flexibility index (Phi) is 7.80. The molecule has 0 radical (unpaired) electrons. The van der Waals surface area contributed by atoms with Crippen molar-refractivity contribution in [3.05, 3.63) is 82.0 Å². The van der Waals surface area contributed by atoms with Gasteiger partial charge in [0.25, 0.3) is 0 Å². The van der Waals surface area contributed by atoms with Gasteiger partial charge in [0.2, 0.25) is 23.0 Å². The van der Waals surface area contributed by atoms with E-state index in [1.54, 1.807) is 55.6 Å². The Labute approximate surface area is 190 Å². The number of carbonyl (C=O) groups excluding carboxylic acids is 2. The molecule has 9 heteroatoms. The molecule has 2 heterocycles. The number of amides is 2. The molecule has 0 spiro atoms. The fourth-order valence-corrected chi connectivity index (χ4v) is 3.28. The van der Waals surface area contributed by atoms with E-state index in [2.05, 4.69) is 15.6 Å². The number of nitrogens with zero attached hydrogens (tertiary/aromatic N) is 1. The minimum absolute atomic E-state index is 0.00760. The van der Waals surface area contributed by atoms with E-state index in [0.717, 1.165) is 0 Å². The number of ether oxygens (including phenoxy) is 1. The van der Waals surface area contributed by atoms with Crippen LogP contribution in [0.3, 0.4) is 0 Å². The summed E-state index contributed by atoms with van der Waals surface area (Å²) in [5, 5.41) is 15.7. The summed E-state index contributed by atoms with van der Waals surface area (Å²) in [6.45, 7) is 1.70. The van der Waals surface area contributed by atoms with E-state index in [9.17, 15) is 19.5 Å². The van der Waals surface area contributed by atoms with Crippen LogP contribution in [0.5, 0.6) is 11.5 Å². The molecular formula is C24H25N3O6. The smallest absolute Gasteiger partial charge is 0.227 e. The van der Waals surface area contributed by atoms with Crippen molar-refractivity contribution in [3.63, 3.8) is 0 Å². The Morgan fingerprint density at radius 2 is 1.91 bits per heavy atom. The summed E-state index contributed by atoms with van der Waals surface area (Å²) >= 11 is 0. The first kappa shape index (κ1) is 23.5. The van der Waals surface area contributed by atoms with Crippen molar-refractivity contribution in [2.24, 2.45) is 0 Å². The summed E-state index contributed by atoms with van der Waals surface area (Å²) in [7, 11) is 1.54. The number of carbonyl (C=O) groups is 2. The van der Waals surface area contributed by atoms with Crippen LogP contribution in [0.4, 0.5) is 5.82 Å². The zero-order chi connectivity index (χ0) is 23.8. The average molecular weight is 451 g/mol. The maximum absolute atomic E-state index is 12.7. The van der Waals surface area contributed by atoms with Gasteiger partial charge in [0, 0.05) is 31.6 Å². The first-order valence-electron chi connectivity index (χ1n) is 10.3. The van der Waals surface area contributed by atoms with Gasteiger partial charge < -0.3 is 24.9 Å². The molecule has 3 aromatic rings. The fraction of sp³-hybridized carbons (Fsp3) is 0.250. The number of aromatic nitrogens is 1. The molecular weight excluding hydrogens is 426 g/mol. The molecule has 0 aliphatic rings. The van der Waals surface area contributed by atoms with Gasteiger partial charge >= 0.3 is 0 Å². The number of methoxy groups -OCH3 is 1. The second-order valence-corrected chi connectivity index (χ2v) is 7.33. The molecule has 1 atom stereocenters. The summed E-state index contributed by atoms with van der Waals surface area (Å²) < 4.78 is 10.8. The number of anilines is 1. The molecule has 3 N–H and O–H groups in total. The van der Waals surface area contributed by atoms with Gasteiger partial charge in [0.1, 0.15) is 17.3 Å². The Morgan fingerprint density at radius 3 is 2.58 bits per heavy atom. The lowest BCUT2D eigenvalue weighted by atomic mass is 9.91. The van der Waals surface area contributed by atoms with Crippen molar-refractivity contribution in [3.8, 4) is 11.5 Å². The highest BCUT2D eigenvalue weighted by Crippen LogP contribution is 2.33. The molecule has 1 aromatic carbocycles. The standard InChI is InChI=1S/C24H25N3O6/c1-15-13-19(28)23(31)24(33-15)18(16-6-8-17(32-2)9-7-16)14-22(30)26-12-10-21(29)27-20-5-3-4-11-25-20/h3-9,11,13,18,31H,10,12,14H2,1-2H3,(H,26,30)(H,25,27,29). The van der Waals surface area contributed by atoms with Gasteiger partial charge in [0.15, 0.2) is 5.76 Å². The number of hydrogen-bond donors (Lipinski definition) is 3. The summed E-state index contributed by atoms with van der Waals surface area (Å²) in [5.41, 5.74) is 0.0711. The maximum atomic E-state index is 12.7. The molecule has 33 heavy (non-hydrogen) atoms. The second kappa shape index (κ2) is 10.9. The van der Waals surface area contributed by atoms with Crippen LogP contribution in [0, 0.1) is 6.92 Å². The molecule has 9 nitrogen and oxygen atoms in total. The molecule has 172 valence electrons. The molecule has 0 aliphatic heterocycles. The SMILES string of the molecule is COc1ccc(C(CC(=O)NCCC(=O)Nc2ccccn2)c2oc(C)cc(=O)c2O)cc1. The maximum Gasteiger partial charge on any atom is 0.227 e. The largest absolute Gasteiger partial charge is 0.502 e. The average Bonchev–Trinajstić information content (AvgIpc) is 2.81. The Hall–Kier alpha value is -4.14. The predicted octanol–water partition coefficient (Wildman–Crippen LogP) is 2.72. The highest BCUT2D eigenvalue weighted by atomic mass is 16.5. The van der Waals surface area contributed by atoms with Crippen LogP contribution in [0.15, 0.2) is 63.9 Å². The lowest BCUT2D eigenvalue weighted by Gasteiger charge is -2.18. The van der Waals surface area contributed by atoms with Crippen LogP contribution in [0.1, 0.15) is 35.8 Å². The van der Waals surface area contributed by atoms with Gasteiger partial charge in [-0.1, -0.05) is 18.2 Å². The number of rotatable bonds is 9. The predicted molar refractivity (Wildman–Crippen MR) is 121 cm³/mol. The number of hydrogen-bond acceptors (Lipinski definition) is 7. The highest BCUT2D eigenvalue weighted by Gasteiger charge is 2.26. The lowest BCUT2D eigenvalue weighted by Crippen LogP contribution is -2.29. The molecule has 1 unspecified atom stereocenters. The van der Waals surface area contributed by atoms with Crippen LogP contribution in [-0.4, -0.2) is 35.6 Å². The Morgan fingerprint density at radius 1 is 1.15 bits per heavy atom. The highest BCUT2D eigenvalue weighted by molar-refractivity contribution is 5.90. The van der Waals surface area contributed by atoms with Gasteiger partial charge in [-0.2, -0.15) is 0 Å². The van der Waals surface area contributed by atoms with Crippen molar-refractivity contribution < 1.29 is 23.8 Å². The Balaban J connectivity index is 1.70. The third-order valence-corrected chi connectivity index (χ3v) is 4.90. The number of aryl methyl sites for hydroxylation is 1. The first-order valence-corrected chi connectivity index (χ1v) is 10.3. The monoisotopic (exact) mass is 451 g/mol.